The van der Waals surface area contributed by atoms with Crippen LogP contribution in [0.5, 0.6) is 0 Å². The van der Waals surface area contributed by atoms with Gasteiger partial charge in [0.05, 0.1) is 7.11 Å². The average molecular weight is 312 g/mol. The quantitative estimate of drug-likeness (QED) is 0.856. The van der Waals surface area contributed by atoms with Crippen LogP contribution in [0.2, 0.25) is 0 Å². The number of nitrogens with zero attached hydrogens (tertiary/aromatic N) is 1. The Morgan fingerprint density at radius 3 is 2.52 bits per heavy atom. The Labute approximate surface area is 135 Å². The number of methoxy groups -OCH3 is 1. The van der Waals surface area contributed by atoms with E-state index in [1.54, 1.807) is 12.1 Å². The van der Waals surface area contributed by atoms with Crippen LogP contribution < -0.4 is 5.32 Å². The minimum Gasteiger partial charge on any atom is -0.464 e. The van der Waals surface area contributed by atoms with E-state index in [0.29, 0.717) is 5.92 Å². The smallest absolute Gasteiger partial charge is 0.356 e. The van der Waals surface area contributed by atoms with E-state index >= 15 is 0 Å². The van der Waals surface area contributed by atoms with Crippen LogP contribution in [0.25, 0.3) is 0 Å². The molecule has 0 saturated carbocycles. The number of pyridine rings is 1. The zero-order valence-electron chi connectivity index (χ0n) is 13.5. The van der Waals surface area contributed by atoms with Crippen molar-refractivity contribution in [2.75, 3.05) is 12.4 Å². The van der Waals surface area contributed by atoms with Gasteiger partial charge < -0.3 is 10.1 Å². The van der Waals surface area contributed by atoms with Crippen LogP contribution in [0.4, 0.5) is 5.69 Å². The maximum absolute atomic E-state index is 12.4. The molecule has 0 spiro atoms. The normalized spacial score (nSPS) is 11.6. The van der Waals surface area contributed by atoms with Crippen molar-refractivity contribution in [2.45, 2.75) is 26.2 Å². The summed E-state index contributed by atoms with van der Waals surface area (Å²) in [5, 5.41) is 2.87. The van der Waals surface area contributed by atoms with E-state index in [-0.39, 0.29) is 17.3 Å². The van der Waals surface area contributed by atoms with Crippen molar-refractivity contribution in [3.63, 3.8) is 0 Å². The molecule has 0 aliphatic heterocycles. The van der Waals surface area contributed by atoms with Crippen molar-refractivity contribution in [3.8, 4) is 0 Å². The summed E-state index contributed by atoms with van der Waals surface area (Å²) in [6.45, 7) is 4.21. The minimum absolute atomic E-state index is 0.107. The van der Waals surface area contributed by atoms with Crippen molar-refractivity contribution in [2.24, 2.45) is 0 Å². The highest BCUT2D eigenvalue weighted by Gasteiger charge is 2.15. The molecule has 1 amide bonds. The van der Waals surface area contributed by atoms with Gasteiger partial charge in [-0.1, -0.05) is 38.1 Å². The molecular weight excluding hydrogens is 292 g/mol. The molecule has 1 N–H and O–H groups in total. The zero-order chi connectivity index (χ0) is 16.8. The minimum atomic E-state index is -0.570. The van der Waals surface area contributed by atoms with Crippen molar-refractivity contribution in [1.82, 2.24) is 4.98 Å². The molecule has 1 unspecified atom stereocenters. The number of amides is 1. The maximum atomic E-state index is 12.4. The Bertz CT molecular complexity index is 713. The molecule has 5 nitrogen and oxygen atoms in total. The van der Waals surface area contributed by atoms with Crippen LogP contribution in [0.1, 0.15) is 52.7 Å². The second-order valence-electron chi connectivity index (χ2n) is 5.25. The lowest BCUT2D eigenvalue weighted by Gasteiger charge is -2.15. The number of anilines is 1. The van der Waals surface area contributed by atoms with Gasteiger partial charge in [-0.2, -0.15) is 0 Å². The molecule has 1 aromatic carbocycles. The predicted octanol–water partition coefficient (Wildman–Crippen LogP) is 3.63. The third-order valence-corrected chi connectivity index (χ3v) is 3.73. The third kappa shape index (κ3) is 3.94. The number of benzene rings is 1. The molecule has 1 atom stereocenters. The molecule has 0 radical (unpaired) electrons. The number of esters is 1. The Morgan fingerprint density at radius 2 is 1.83 bits per heavy atom. The summed E-state index contributed by atoms with van der Waals surface area (Å²) in [5.41, 5.74) is 2.12. The highest BCUT2D eigenvalue weighted by molar-refractivity contribution is 6.04. The SMILES string of the molecule is CCC(C)c1ccccc1NC(=O)c1cccc(C(=O)OC)n1. The van der Waals surface area contributed by atoms with Gasteiger partial charge >= 0.3 is 5.97 Å². The number of hydrogen-bond donors (Lipinski definition) is 1. The summed E-state index contributed by atoms with van der Waals surface area (Å²) in [6.07, 6.45) is 0.975. The first-order valence-corrected chi connectivity index (χ1v) is 7.52. The maximum Gasteiger partial charge on any atom is 0.356 e. The number of ether oxygens (including phenoxy) is 1. The van der Waals surface area contributed by atoms with Crippen LogP contribution in [0.15, 0.2) is 42.5 Å². The van der Waals surface area contributed by atoms with Gasteiger partial charge in [-0.3, -0.25) is 4.79 Å². The van der Waals surface area contributed by atoms with Gasteiger partial charge in [0.25, 0.3) is 5.91 Å². The van der Waals surface area contributed by atoms with Crippen molar-refractivity contribution < 1.29 is 14.3 Å². The fourth-order valence-electron chi connectivity index (χ4n) is 2.23. The first-order chi connectivity index (χ1) is 11.1. The Hall–Kier alpha value is -2.69. The monoisotopic (exact) mass is 312 g/mol. The summed E-state index contributed by atoms with van der Waals surface area (Å²) in [5.74, 6) is -0.591. The fraction of sp³-hybridized carbons (Fsp3) is 0.278. The molecule has 23 heavy (non-hydrogen) atoms. The molecule has 0 aliphatic carbocycles. The molecule has 1 aromatic heterocycles. The van der Waals surface area contributed by atoms with Crippen molar-refractivity contribution in [3.05, 3.63) is 59.4 Å². The lowest BCUT2D eigenvalue weighted by Crippen LogP contribution is -2.17. The van der Waals surface area contributed by atoms with E-state index in [1.165, 1.54) is 13.2 Å². The summed E-state index contributed by atoms with van der Waals surface area (Å²) in [4.78, 5) is 28.0. The lowest BCUT2D eigenvalue weighted by atomic mass is 9.97. The second-order valence-corrected chi connectivity index (χ2v) is 5.25. The molecule has 0 bridgehead atoms. The van der Waals surface area contributed by atoms with Gasteiger partial charge in [-0.25, -0.2) is 9.78 Å². The number of para-hydroxylation sites is 1. The molecule has 120 valence electrons. The number of nitrogens with one attached hydrogen (secondary N) is 1. The second kappa shape index (κ2) is 7.54. The van der Waals surface area contributed by atoms with E-state index in [9.17, 15) is 9.59 Å². The molecule has 1 heterocycles. The molecule has 2 aromatic rings. The Kier molecular flexibility index (Phi) is 5.46. The summed E-state index contributed by atoms with van der Waals surface area (Å²) in [7, 11) is 1.28. The Morgan fingerprint density at radius 1 is 1.13 bits per heavy atom. The summed E-state index contributed by atoms with van der Waals surface area (Å²) < 4.78 is 4.62. The van der Waals surface area contributed by atoms with E-state index in [1.807, 2.05) is 24.3 Å². The largest absolute Gasteiger partial charge is 0.464 e. The first-order valence-electron chi connectivity index (χ1n) is 7.52. The number of carbonyl (C=O) groups excluding carboxylic acids is 2. The van der Waals surface area contributed by atoms with E-state index in [0.717, 1.165) is 17.7 Å². The van der Waals surface area contributed by atoms with Gasteiger partial charge in [0.2, 0.25) is 0 Å². The van der Waals surface area contributed by atoms with Crippen LogP contribution in [0, 0.1) is 0 Å². The van der Waals surface area contributed by atoms with Gasteiger partial charge in [0.15, 0.2) is 0 Å². The number of hydrogen-bond acceptors (Lipinski definition) is 4. The molecule has 2 rings (SSSR count). The molecule has 0 aliphatic rings. The van der Waals surface area contributed by atoms with Gasteiger partial charge in [-0.05, 0) is 36.1 Å². The highest BCUT2D eigenvalue weighted by Crippen LogP contribution is 2.26. The fourth-order valence-corrected chi connectivity index (χ4v) is 2.23. The third-order valence-electron chi connectivity index (χ3n) is 3.73. The van der Waals surface area contributed by atoms with Gasteiger partial charge in [-0.15, -0.1) is 0 Å². The lowest BCUT2D eigenvalue weighted by molar-refractivity contribution is 0.0594. The average Bonchev–Trinajstić information content (AvgIpc) is 2.60. The van der Waals surface area contributed by atoms with Crippen molar-refractivity contribution >= 4 is 17.6 Å². The molecular formula is C18H20N2O3. The number of aromatic nitrogens is 1. The van der Waals surface area contributed by atoms with Gasteiger partial charge in [0.1, 0.15) is 11.4 Å². The first kappa shape index (κ1) is 16.7. The Balaban J connectivity index is 2.25. The van der Waals surface area contributed by atoms with Crippen LogP contribution in [-0.4, -0.2) is 24.0 Å². The summed E-state index contributed by atoms with van der Waals surface area (Å²) in [6, 6.07) is 12.4. The zero-order valence-corrected chi connectivity index (χ0v) is 13.5. The number of rotatable bonds is 5. The van der Waals surface area contributed by atoms with E-state index < -0.39 is 5.97 Å². The molecule has 5 heteroatoms. The topological polar surface area (TPSA) is 68.3 Å². The van der Waals surface area contributed by atoms with Crippen LogP contribution in [-0.2, 0) is 4.74 Å². The standard InChI is InChI=1S/C18H20N2O3/c1-4-12(2)13-8-5-6-9-14(13)20-17(21)15-10-7-11-16(19-15)18(22)23-3/h5-12H,4H2,1-3H3,(H,20,21). The van der Waals surface area contributed by atoms with Crippen LogP contribution in [0.3, 0.4) is 0 Å². The van der Waals surface area contributed by atoms with Crippen LogP contribution >= 0.6 is 0 Å². The summed E-state index contributed by atoms with van der Waals surface area (Å²) >= 11 is 0. The predicted molar refractivity (Wildman–Crippen MR) is 88.7 cm³/mol. The van der Waals surface area contributed by atoms with Crippen molar-refractivity contribution in [1.29, 1.82) is 0 Å². The number of carbonyl (C=O) groups is 2. The van der Waals surface area contributed by atoms with E-state index in [2.05, 4.69) is 28.9 Å². The van der Waals surface area contributed by atoms with Gasteiger partial charge in [0, 0.05) is 5.69 Å². The van der Waals surface area contributed by atoms with E-state index in [4.69, 9.17) is 0 Å². The molecule has 0 fully saturated rings. The molecule has 0 saturated heterocycles. The highest BCUT2D eigenvalue weighted by atomic mass is 16.5.